The van der Waals surface area contributed by atoms with Gasteiger partial charge in [0.1, 0.15) is 16.4 Å². The zero-order chi connectivity index (χ0) is 23.1. The van der Waals surface area contributed by atoms with Crippen molar-refractivity contribution < 1.29 is 22.7 Å². The highest BCUT2D eigenvalue weighted by Gasteiger charge is 2.21. The Kier molecular flexibility index (Phi) is 7.40. The van der Waals surface area contributed by atoms with Gasteiger partial charge in [0.25, 0.3) is 10.0 Å². The van der Waals surface area contributed by atoms with Crippen LogP contribution in [0.15, 0.2) is 77.7 Å². The number of methoxy groups -OCH3 is 2. The third-order valence-electron chi connectivity index (χ3n) is 4.39. The highest BCUT2D eigenvalue weighted by atomic mass is 35.5. The minimum atomic E-state index is -4.05. The number of benzene rings is 3. The second kappa shape index (κ2) is 10.2. The zero-order valence-corrected chi connectivity index (χ0v) is 18.9. The summed E-state index contributed by atoms with van der Waals surface area (Å²) in [5.74, 6) is 0.302. The number of nitrogens with one attached hydrogen (secondary N) is 2. The summed E-state index contributed by atoms with van der Waals surface area (Å²) in [6.07, 6.45) is 2.94. The maximum atomic E-state index is 13.0. The Balaban J connectivity index is 1.83. The average molecular weight is 473 g/mol. The number of carbonyl (C=O) groups excluding carboxylic acids is 1. The largest absolute Gasteiger partial charge is 0.496 e. The smallest absolute Gasteiger partial charge is 0.265 e. The molecule has 0 bridgehead atoms. The highest BCUT2D eigenvalue weighted by molar-refractivity contribution is 7.92. The molecule has 9 heteroatoms. The molecule has 0 atom stereocenters. The topological polar surface area (TPSA) is 93.7 Å². The van der Waals surface area contributed by atoms with Crippen molar-refractivity contribution in [2.75, 3.05) is 24.3 Å². The molecule has 0 unspecified atom stereocenters. The Morgan fingerprint density at radius 3 is 2.34 bits per heavy atom. The van der Waals surface area contributed by atoms with Crippen LogP contribution in [0.2, 0.25) is 5.02 Å². The van der Waals surface area contributed by atoms with E-state index in [0.717, 1.165) is 5.56 Å². The zero-order valence-electron chi connectivity index (χ0n) is 17.3. The van der Waals surface area contributed by atoms with Crippen LogP contribution in [0, 0.1) is 0 Å². The van der Waals surface area contributed by atoms with Crippen molar-refractivity contribution in [1.82, 2.24) is 0 Å². The number of ether oxygens (including phenoxy) is 2. The highest BCUT2D eigenvalue weighted by Crippen LogP contribution is 2.31. The van der Waals surface area contributed by atoms with Crippen LogP contribution < -0.4 is 19.5 Å². The molecule has 166 valence electrons. The molecule has 7 nitrogen and oxygen atoms in total. The molecule has 0 aliphatic heterocycles. The predicted molar refractivity (Wildman–Crippen MR) is 126 cm³/mol. The summed E-state index contributed by atoms with van der Waals surface area (Å²) >= 11 is 6.07. The lowest BCUT2D eigenvalue weighted by molar-refractivity contribution is -0.111. The van der Waals surface area contributed by atoms with E-state index < -0.39 is 15.9 Å². The predicted octanol–water partition coefficient (Wildman–Crippen LogP) is 4.81. The molecule has 3 rings (SSSR count). The van der Waals surface area contributed by atoms with Gasteiger partial charge < -0.3 is 14.8 Å². The van der Waals surface area contributed by atoms with Crippen molar-refractivity contribution in [3.05, 3.63) is 83.4 Å². The van der Waals surface area contributed by atoms with E-state index in [9.17, 15) is 13.2 Å². The first kappa shape index (κ1) is 23.2. The van der Waals surface area contributed by atoms with Gasteiger partial charge in [0.15, 0.2) is 0 Å². The molecular weight excluding hydrogens is 452 g/mol. The van der Waals surface area contributed by atoms with E-state index >= 15 is 0 Å². The van der Waals surface area contributed by atoms with Crippen molar-refractivity contribution in [2.24, 2.45) is 0 Å². The van der Waals surface area contributed by atoms with Crippen LogP contribution in [0.25, 0.3) is 6.08 Å². The van der Waals surface area contributed by atoms with Crippen molar-refractivity contribution in [2.45, 2.75) is 4.90 Å². The number of rotatable bonds is 8. The van der Waals surface area contributed by atoms with E-state index in [-0.39, 0.29) is 27.0 Å². The van der Waals surface area contributed by atoms with E-state index in [1.165, 1.54) is 25.3 Å². The molecular formula is C23H21ClN2O5S. The summed E-state index contributed by atoms with van der Waals surface area (Å²) in [6.45, 7) is 0. The van der Waals surface area contributed by atoms with Crippen molar-refractivity contribution in [1.29, 1.82) is 0 Å². The van der Waals surface area contributed by atoms with Crippen LogP contribution in [0.1, 0.15) is 5.56 Å². The average Bonchev–Trinajstić information content (AvgIpc) is 2.79. The third kappa shape index (κ3) is 5.60. The molecule has 0 heterocycles. The fraction of sp³-hybridized carbons (Fsp3) is 0.0870. The maximum Gasteiger partial charge on any atom is 0.265 e. The maximum absolute atomic E-state index is 13.0. The van der Waals surface area contributed by atoms with Crippen LogP contribution in [0.3, 0.4) is 0 Å². The minimum absolute atomic E-state index is 0.118. The fourth-order valence-electron chi connectivity index (χ4n) is 2.86. The summed E-state index contributed by atoms with van der Waals surface area (Å²) in [7, 11) is -1.14. The number of hydrogen-bond acceptors (Lipinski definition) is 5. The summed E-state index contributed by atoms with van der Waals surface area (Å²) in [5, 5.41) is 2.90. The standard InChI is InChI=1S/C23H21ClN2O5S/c1-30-20-10-6-3-7-16(20)11-14-23(27)25-17-12-13-21(31-2)22(15-17)32(28,29)26-19-9-5-4-8-18(19)24/h3-15,26H,1-2H3,(H,25,27)/b14-11+. The van der Waals surface area contributed by atoms with E-state index in [1.54, 1.807) is 55.7 Å². The molecule has 3 aromatic rings. The van der Waals surface area contributed by atoms with Gasteiger partial charge in [0.05, 0.1) is 24.9 Å². The molecule has 0 saturated heterocycles. The van der Waals surface area contributed by atoms with E-state index in [4.69, 9.17) is 21.1 Å². The van der Waals surface area contributed by atoms with Crippen molar-refractivity contribution in [3.63, 3.8) is 0 Å². The molecule has 0 saturated carbocycles. The third-order valence-corrected chi connectivity index (χ3v) is 6.11. The lowest BCUT2D eigenvalue weighted by Crippen LogP contribution is -2.15. The quantitative estimate of drug-likeness (QED) is 0.459. The lowest BCUT2D eigenvalue weighted by Gasteiger charge is -2.14. The second-order valence-corrected chi connectivity index (χ2v) is 8.57. The van der Waals surface area contributed by atoms with Gasteiger partial charge in [-0.2, -0.15) is 0 Å². The molecule has 0 spiro atoms. The van der Waals surface area contributed by atoms with Gasteiger partial charge in [-0.15, -0.1) is 0 Å². The summed E-state index contributed by atoms with van der Waals surface area (Å²) in [5.41, 5.74) is 1.23. The second-order valence-electron chi connectivity index (χ2n) is 6.52. The molecule has 0 radical (unpaired) electrons. The van der Waals surface area contributed by atoms with Gasteiger partial charge in [-0.05, 0) is 42.5 Å². The van der Waals surface area contributed by atoms with Crippen LogP contribution in [0.4, 0.5) is 11.4 Å². The summed E-state index contributed by atoms with van der Waals surface area (Å²) in [4.78, 5) is 12.2. The van der Waals surface area contributed by atoms with Gasteiger partial charge in [-0.3, -0.25) is 9.52 Å². The van der Waals surface area contributed by atoms with Gasteiger partial charge in [-0.1, -0.05) is 41.9 Å². The van der Waals surface area contributed by atoms with Crippen molar-refractivity contribution in [3.8, 4) is 11.5 Å². The van der Waals surface area contributed by atoms with Crippen LogP contribution in [-0.2, 0) is 14.8 Å². The van der Waals surface area contributed by atoms with Crippen LogP contribution in [-0.4, -0.2) is 28.5 Å². The molecule has 2 N–H and O–H groups in total. The van der Waals surface area contributed by atoms with Crippen molar-refractivity contribution >= 4 is 45.0 Å². The molecule has 0 aromatic heterocycles. The van der Waals surface area contributed by atoms with E-state index in [0.29, 0.717) is 5.75 Å². The minimum Gasteiger partial charge on any atom is -0.496 e. The first-order valence-electron chi connectivity index (χ1n) is 9.41. The van der Waals surface area contributed by atoms with Crippen LogP contribution in [0.5, 0.6) is 11.5 Å². The first-order valence-corrected chi connectivity index (χ1v) is 11.3. The van der Waals surface area contributed by atoms with E-state index in [1.807, 2.05) is 12.1 Å². The lowest BCUT2D eigenvalue weighted by atomic mass is 10.2. The number of anilines is 2. The Hall–Kier alpha value is -3.49. The van der Waals surface area contributed by atoms with Gasteiger partial charge in [0, 0.05) is 17.3 Å². The number of para-hydroxylation sites is 2. The number of amides is 1. The summed E-state index contributed by atoms with van der Waals surface area (Å²) < 4.78 is 38.8. The molecule has 0 aliphatic rings. The Bertz CT molecular complexity index is 1260. The fourth-order valence-corrected chi connectivity index (χ4v) is 4.38. The Morgan fingerprint density at radius 1 is 0.938 bits per heavy atom. The number of carbonyl (C=O) groups is 1. The SMILES string of the molecule is COc1ccccc1/C=C/C(=O)Nc1ccc(OC)c(S(=O)(=O)Nc2ccccc2Cl)c1. The number of halogens is 1. The first-order chi connectivity index (χ1) is 15.3. The molecule has 32 heavy (non-hydrogen) atoms. The monoisotopic (exact) mass is 472 g/mol. The Labute approximate surface area is 191 Å². The van der Waals surface area contributed by atoms with Gasteiger partial charge in [0.2, 0.25) is 5.91 Å². The molecule has 3 aromatic carbocycles. The Morgan fingerprint density at radius 2 is 1.62 bits per heavy atom. The van der Waals surface area contributed by atoms with E-state index in [2.05, 4.69) is 10.0 Å². The number of hydrogen-bond donors (Lipinski definition) is 2. The van der Waals surface area contributed by atoms with Crippen LogP contribution >= 0.6 is 11.6 Å². The normalized spacial score (nSPS) is 11.2. The molecule has 0 fully saturated rings. The molecule has 0 aliphatic carbocycles. The number of sulfonamides is 1. The van der Waals surface area contributed by atoms with Gasteiger partial charge >= 0.3 is 0 Å². The molecule has 1 amide bonds. The van der Waals surface area contributed by atoms with Gasteiger partial charge in [-0.25, -0.2) is 8.42 Å². The summed E-state index contributed by atoms with van der Waals surface area (Å²) in [6, 6.07) is 18.0.